The quantitative estimate of drug-likeness (QED) is 0.355. The topological polar surface area (TPSA) is 102 Å². The van der Waals surface area contributed by atoms with Crippen molar-refractivity contribution in [2.75, 3.05) is 31.2 Å². The fraction of sp³-hybridized carbons (Fsp3) is 0.579. The summed E-state index contributed by atoms with van der Waals surface area (Å²) in [7, 11) is 0. The lowest BCUT2D eigenvalue weighted by Gasteiger charge is -2.34. The van der Waals surface area contributed by atoms with Crippen molar-refractivity contribution < 1.29 is 24.3 Å². The van der Waals surface area contributed by atoms with Crippen molar-refractivity contribution in [2.45, 2.75) is 38.2 Å². The number of nitrogens with zero attached hydrogens (tertiary/aromatic N) is 1. The zero-order valence-electron chi connectivity index (χ0n) is 15.7. The fourth-order valence-corrected chi connectivity index (χ4v) is 4.01. The Balaban J connectivity index is 1.91. The maximum atomic E-state index is 12.8. The highest BCUT2D eigenvalue weighted by Crippen LogP contribution is 2.24. The Hall–Kier alpha value is -1.77. The van der Waals surface area contributed by atoms with E-state index in [1.165, 1.54) is 0 Å². The van der Waals surface area contributed by atoms with Crippen LogP contribution in [-0.2, 0) is 20.8 Å². The molecule has 0 aliphatic carbocycles. The van der Waals surface area contributed by atoms with Crippen LogP contribution in [0.25, 0.3) is 0 Å². The molecule has 150 valence electrons. The van der Waals surface area contributed by atoms with Crippen LogP contribution in [0.1, 0.15) is 31.7 Å². The van der Waals surface area contributed by atoms with Crippen LogP contribution in [0.5, 0.6) is 5.75 Å². The van der Waals surface area contributed by atoms with E-state index in [1.54, 1.807) is 16.7 Å². The van der Waals surface area contributed by atoms with E-state index in [2.05, 4.69) is 0 Å². The van der Waals surface area contributed by atoms with E-state index in [-0.39, 0.29) is 6.42 Å². The van der Waals surface area contributed by atoms with Gasteiger partial charge in [0.2, 0.25) is 0 Å². The maximum Gasteiger partial charge on any atom is 0.348 e. The van der Waals surface area contributed by atoms with Gasteiger partial charge < -0.3 is 14.7 Å². The number of hydrogen-bond acceptors (Lipinski definition) is 6. The molecule has 1 aromatic carbocycles. The van der Waals surface area contributed by atoms with Crippen molar-refractivity contribution >= 4 is 23.6 Å². The van der Waals surface area contributed by atoms with Gasteiger partial charge in [0.05, 0.1) is 6.61 Å². The van der Waals surface area contributed by atoms with Gasteiger partial charge in [-0.15, -0.1) is 0 Å². The second-order valence-corrected chi connectivity index (χ2v) is 7.66. The van der Waals surface area contributed by atoms with Gasteiger partial charge in [-0.3, -0.25) is 9.63 Å². The number of aliphatic carboxylic acids is 1. The summed E-state index contributed by atoms with van der Waals surface area (Å²) in [5, 5.41) is 9.65. The lowest BCUT2D eigenvalue weighted by atomic mass is 9.93. The molecular weight excluding hydrogens is 368 g/mol. The highest BCUT2D eigenvalue weighted by molar-refractivity contribution is 7.99. The van der Waals surface area contributed by atoms with E-state index >= 15 is 0 Å². The summed E-state index contributed by atoms with van der Waals surface area (Å²) in [6.45, 7) is 3.60. The summed E-state index contributed by atoms with van der Waals surface area (Å²) in [6.07, 6.45) is 2.08. The van der Waals surface area contributed by atoms with Crippen LogP contribution in [0.15, 0.2) is 24.3 Å². The third kappa shape index (κ3) is 5.60. The Labute approximate surface area is 164 Å². The summed E-state index contributed by atoms with van der Waals surface area (Å²) in [6, 6.07) is 7.82. The fourth-order valence-electron chi connectivity index (χ4n) is 3.11. The number of hydrogen-bond donors (Lipinski definition) is 2. The van der Waals surface area contributed by atoms with E-state index in [0.29, 0.717) is 26.1 Å². The third-order valence-electron chi connectivity index (χ3n) is 4.67. The number of thioether (sulfide) groups is 1. The highest BCUT2D eigenvalue weighted by Gasteiger charge is 2.49. The predicted octanol–water partition coefficient (Wildman–Crippen LogP) is 2.09. The molecule has 0 unspecified atom stereocenters. The zero-order chi connectivity index (χ0) is 19.7. The molecule has 8 heteroatoms. The molecule has 0 radical (unpaired) electrons. The van der Waals surface area contributed by atoms with Gasteiger partial charge in [-0.2, -0.15) is 11.8 Å². The highest BCUT2D eigenvalue weighted by atomic mass is 32.2. The van der Waals surface area contributed by atoms with Gasteiger partial charge in [0, 0.05) is 24.6 Å². The van der Waals surface area contributed by atoms with Crippen molar-refractivity contribution in [3.8, 4) is 5.75 Å². The first-order valence-electron chi connectivity index (χ1n) is 9.23. The van der Waals surface area contributed by atoms with E-state index in [0.717, 1.165) is 35.7 Å². The molecule has 1 heterocycles. The first-order chi connectivity index (χ1) is 13.0. The van der Waals surface area contributed by atoms with Crippen molar-refractivity contribution in [1.29, 1.82) is 0 Å². The normalized spacial score (nSPS) is 16.6. The van der Waals surface area contributed by atoms with Crippen molar-refractivity contribution in [3.63, 3.8) is 0 Å². The molecule has 0 bridgehead atoms. The zero-order valence-corrected chi connectivity index (χ0v) is 16.5. The molecule has 1 aliphatic rings. The van der Waals surface area contributed by atoms with Crippen LogP contribution in [-0.4, -0.2) is 58.7 Å². The Morgan fingerprint density at radius 2 is 1.89 bits per heavy atom. The molecule has 1 aromatic rings. The SMILES string of the molecule is CCOc1ccc(CCCC[C@@](ON)(C(=O)O)C(=O)N2CCSCC2)cc1. The number of rotatable bonds is 10. The first-order valence-corrected chi connectivity index (χ1v) is 10.4. The van der Waals surface area contributed by atoms with Gasteiger partial charge in [0.25, 0.3) is 11.5 Å². The van der Waals surface area contributed by atoms with Crippen LogP contribution in [0.4, 0.5) is 0 Å². The van der Waals surface area contributed by atoms with Gasteiger partial charge in [0.15, 0.2) is 0 Å². The smallest absolute Gasteiger partial charge is 0.348 e. The predicted molar refractivity (Wildman–Crippen MR) is 105 cm³/mol. The van der Waals surface area contributed by atoms with Crippen LogP contribution >= 0.6 is 11.8 Å². The monoisotopic (exact) mass is 396 g/mol. The molecule has 0 aromatic heterocycles. The Bertz CT molecular complexity index is 619. The van der Waals surface area contributed by atoms with Crippen molar-refractivity contribution in [1.82, 2.24) is 4.90 Å². The van der Waals surface area contributed by atoms with E-state index in [4.69, 9.17) is 15.5 Å². The summed E-state index contributed by atoms with van der Waals surface area (Å²) in [4.78, 5) is 30.9. The summed E-state index contributed by atoms with van der Waals surface area (Å²) >= 11 is 1.74. The Morgan fingerprint density at radius 1 is 1.22 bits per heavy atom. The average molecular weight is 397 g/mol. The minimum atomic E-state index is -2.00. The van der Waals surface area contributed by atoms with Gasteiger partial charge in [-0.25, -0.2) is 10.7 Å². The van der Waals surface area contributed by atoms with Crippen LogP contribution in [0.2, 0.25) is 0 Å². The number of carboxylic acid groups (broad SMARTS) is 1. The Kier molecular flexibility index (Phi) is 8.40. The van der Waals surface area contributed by atoms with Gasteiger partial charge in [0.1, 0.15) is 5.75 Å². The number of carboxylic acids is 1. The standard InChI is InChI=1S/C19H28N2O5S/c1-2-25-16-8-6-15(7-9-16)5-3-4-10-19(26-20,18(23)24)17(22)21-11-13-27-14-12-21/h6-9H,2-5,10-14,20H2,1H3,(H,23,24)/t19-/m0/s1. The van der Waals surface area contributed by atoms with Gasteiger partial charge in [-0.05, 0) is 50.3 Å². The lowest BCUT2D eigenvalue weighted by Crippen LogP contribution is -2.58. The summed E-state index contributed by atoms with van der Waals surface area (Å²) < 4.78 is 5.42. The molecule has 1 aliphatic heterocycles. The number of amides is 1. The largest absolute Gasteiger partial charge is 0.494 e. The summed E-state index contributed by atoms with van der Waals surface area (Å²) in [5.41, 5.74) is -0.867. The molecule has 1 fully saturated rings. The van der Waals surface area contributed by atoms with Crippen LogP contribution in [0.3, 0.4) is 0 Å². The minimum absolute atomic E-state index is 0.0539. The van der Waals surface area contributed by atoms with Crippen molar-refractivity contribution in [2.24, 2.45) is 5.90 Å². The molecular formula is C19H28N2O5S. The maximum absolute atomic E-state index is 12.8. The van der Waals surface area contributed by atoms with Crippen LogP contribution in [0, 0.1) is 0 Å². The number of unbranched alkanes of at least 4 members (excludes halogenated alkanes) is 1. The number of carbonyl (C=O) groups excluding carboxylic acids is 1. The molecule has 1 atom stereocenters. The third-order valence-corrected chi connectivity index (χ3v) is 5.61. The number of carbonyl (C=O) groups is 2. The average Bonchev–Trinajstić information content (AvgIpc) is 2.70. The molecule has 0 spiro atoms. The number of benzene rings is 1. The summed E-state index contributed by atoms with van der Waals surface area (Å²) in [5.74, 6) is 5.86. The van der Waals surface area contributed by atoms with Crippen LogP contribution < -0.4 is 10.6 Å². The second-order valence-electron chi connectivity index (χ2n) is 6.44. The first kappa shape index (κ1) is 21.5. The number of aryl methyl sites for hydroxylation is 1. The molecule has 1 saturated heterocycles. The van der Waals surface area contributed by atoms with E-state index in [1.807, 2.05) is 31.2 Å². The molecule has 1 amide bonds. The molecule has 7 nitrogen and oxygen atoms in total. The van der Waals surface area contributed by atoms with E-state index < -0.39 is 17.5 Å². The molecule has 27 heavy (non-hydrogen) atoms. The van der Waals surface area contributed by atoms with Crippen molar-refractivity contribution in [3.05, 3.63) is 29.8 Å². The van der Waals surface area contributed by atoms with Gasteiger partial charge in [-0.1, -0.05) is 12.1 Å². The Morgan fingerprint density at radius 3 is 2.44 bits per heavy atom. The second kappa shape index (κ2) is 10.5. The molecule has 3 N–H and O–H groups in total. The number of nitrogens with two attached hydrogens (primary N) is 1. The molecule has 2 rings (SSSR count). The minimum Gasteiger partial charge on any atom is -0.494 e. The van der Waals surface area contributed by atoms with Gasteiger partial charge >= 0.3 is 5.97 Å². The lowest BCUT2D eigenvalue weighted by molar-refractivity contribution is -0.181. The molecule has 0 saturated carbocycles. The van der Waals surface area contributed by atoms with E-state index in [9.17, 15) is 14.7 Å². The number of ether oxygens (including phenoxy) is 1.